The first-order chi connectivity index (χ1) is 11.4. The maximum absolute atomic E-state index is 11.4. The zero-order valence-electron chi connectivity index (χ0n) is 15.1. The van der Waals surface area contributed by atoms with Gasteiger partial charge in [0, 0.05) is 32.1 Å². The van der Waals surface area contributed by atoms with Gasteiger partial charge in [-0.1, -0.05) is 36.8 Å². The summed E-state index contributed by atoms with van der Waals surface area (Å²) in [6.07, 6.45) is 0. The topological polar surface area (TPSA) is 82.6 Å². The lowest BCUT2D eigenvalue weighted by Gasteiger charge is -2.14. The number of guanidine groups is 1. The molecule has 0 saturated carbocycles. The second kappa shape index (κ2) is 10.3. The molecule has 1 rings (SSSR count). The van der Waals surface area contributed by atoms with Crippen molar-refractivity contribution in [3.63, 3.8) is 0 Å². The predicted octanol–water partition coefficient (Wildman–Crippen LogP) is 1.59. The Bertz CT molecular complexity index is 629. The largest absolute Gasteiger partial charge is 0.357 e. The number of aliphatic imine (C=N–C) groups is 1. The average Bonchev–Trinajstić information content (AvgIpc) is 2.56. The van der Waals surface area contributed by atoms with Crippen molar-refractivity contribution in [3.8, 4) is 0 Å². The fraction of sp³-hybridized carbons (Fsp3) is 0.588. The summed E-state index contributed by atoms with van der Waals surface area (Å²) in [5.41, 5.74) is 2.52. The number of sulfonamides is 1. The zero-order valence-corrected chi connectivity index (χ0v) is 15.9. The summed E-state index contributed by atoms with van der Waals surface area (Å²) in [5.74, 6) is 1.11. The summed E-state index contributed by atoms with van der Waals surface area (Å²) in [4.78, 5) is 4.59. The minimum absolute atomic E-state index is 0.0924. The first kappa shape index (κ1) is 20.4. The molecule has 0 saturated heterocycles. The molecule has 0 aromatic heterocycles. The van der Waals surface area contributed by atoms with Crippen molar-refractivity contribution >= 4 is 16.0 Å². The highest BCUT2D eigenvalue weighted by Crippen LogP contribution is 2.16. The van der Waals surface area contributed by atoms with Crippen molar-refractivity contribution in [1.82, 2.24) is 15.4 Å². The van der Waals surface area contributed by atoms with E-state index in [0.29, 0.717) is 31.5 Å². The molecule has 6 nitrogen and oxygen atoms in total. The van der Waals surface area contributed by atoms with E-state index in [1.54, 1.807) is 6.92 Å². The molecular formula is C17H30N4O2S. The van der Waals surface area contributed by atoms with Crippen LogP contribution in [0.15, 0.2) is 29.3 Å². The van der Waals surface area contributed by atoms with E-state index in [1.165, 1.54) is 11.1 Å². The molecule has 1 aromatic rings. The second-order valence-electron chi connectivity index (χ2n) is 5.76. The monoisotopic (exact) mass is 354 g/mol. The van der Waals surface area contributed by atoms with Crippen LogP contribution in [0.3, 0.4) is 0 Å². The Morgan fingerprint density at radius 3 is 2.58 bits per heavy atom. The molecule has 0 aliphatic carbocycles. The Morgan fingerprint density at radius 1 is 1.21 bits per heavy atom. The summed E-state index contributed by atoms with van der Waals surface area (Å²) < 4.78 is 25.3. The fourth-order valence-corrected chi connectivity index (χ4v) is 2.76. The molecule has 0 spiro atoms. The molecule has 24 heavy (non-hydrogen) atoms. The molecule has 0 fully saturated rings. The van der Waals surface area contributed by atoms with E-state index < -0.39 is 10.0 Å². The Kier molecular flexibility index (Phi) is 8.78. The van der Waals surface area contributed by atoms with E-state index in [-0.39, 0.29) is 5.75 Å². The summed E-state index contributed by atoms with van der Waals surface area (Å²) in [5, 5.41) is 6.32. The van der Waals surface area contributed by atoms with Crippen molar-refractivity contribution in [2.45, 2.75) is 33.6 Å². The van der Waals surface area contributed by atoms with Gasteiger partial charge >= 0.3 is 0 Å². The third-order valence-electron chi connectivity index (χ3n) is 3.60. The number of hydrogen-bond donors (Lipinski definition) is 3. The van der Waals surface area contributed by atoms with Crippen molar-refractivity contribution < 1.29 is 8.42 Å². The molecule has 0 aliphatic rings. The Morgan fingerprint density at radius 2 is 1.96 bits per heavy atom. The van der Waals surface area contributed by atoms with Crippen LogP contribution < -0.4 is 15.4 Å². The quantitative estimate of drug-likeness (QED) is 0.357. The molecule has 0 aliphatic heterocycles. The van der Waals surface area contributed by atoms with Crippen LogP contribution in [-0.2, 0) is 10.0 Å². The summed E-state index contributed by atoms with van der Waals surface area (Å²) >= 11 is 0. The van der Waals surface area contributed by atoms with Crippen LogP contribution in [0.5, 0.6) is 0 Å². The Labute approximate surface area is 146 Å². The molecule has 136 valence electrons. The van der Waals surface area contributed by atoms with Gasteiger partial charge in [-0.3, -0.25) is 4.99 Å². The minimum Gasteiger partial charge on any atom is -0.357 e. The lowest BCUT2D eigenvalue weighted by molar-refractivity contribution is 0.581. The second-order valence-corrected chi connectivity index (χ2v) is 7.85. The smallest absolute Gasteiger partial charge is 0.211 e. The molecule has 0 bridgehead atoms. The molecule has 1 unspecified atom stereocenters. The number of hydrogen-bond acceptors (Lipinski definition) is 3. The number of benzene rings is 1. The number of nitrogens with zero attached hydrogens (tertiary/aromatic N) is 1. The van der Waals surface area contributed by atoms with E-state index in [4.69, 9.17) is 0 Å². The molecule has 1 aromatic carbocycles. The van der Waals surface area contributed by atoms with Crippen LogP contribution in [0.2, 0.25) is 0 Å². The van der Waals surface area contributed by atoms with Gasteiger partial charge in [-0.15, -0.1) is 0 Å². The highest BCUT2D eigenvalue weighted by atomic mass is 32.2. The number of aryl methyl sites for hydroxylation is 1. The van der Waals surface area contributed by atoms with Crippen molar-refractivity contribution in [1.29, 1.82) is 0 Å². The van der Waals surface area contributed by atoms with Crippen LogP contribution in [0.25, 0.3) is 0 Å². The summed E-state index contributed by atoms with van der Waals surface area (Å²) in [6, 6.07) is 8.45. The van der Waals surface area contributed by atoms with Crippen LogP contribution in [0.1, 0.15) is 37.8 Å². The van der Waals surface area contributed by atoms with Crippen molar-refractivity contribution in [2.75, 3.05) is 31.9 Å². The standard InChI is InChI=1S/C17H30N4O2S/c1-5-18-17(19-10-11-21-24(22,23)6-2)20-13-15(4)16-9-7-8-14(3)12-16/h7-9,12,15,21H,5-6,10-11,13H2,1-4H3,(H2,18,19,20). The fourth-order valence-electron chi connectivity index (χ4n) is 2.14. The number of nitrogens with one attached hydrogen (secondary N) is 3. The Hall–Kier alpha value is -1.60. The number of rotatable bonds is 9. The van der Waals surface area contributed by atoms with E-state index in [9.17, 15) is 8.42 Å². The summed E-state index contributed by atoms with van der Waals surface area (Å²) in [6.45, 7) is 10.1. The van der Waals surface area contributed by atoms with Gasteiger partial charge < -0.3 is 10.6 Å². The predicted molar refractivity (Wildman–Crippen MR) is 101 cm³/mol. The van der Waals surface area contributed by atoms with Crippen LogP contribution in [0, 0.1) is 6.92 Å². The van der Waals surface area contributed by atoms with Crippen LogP contribution in [-0.4, -0.2) is 46.3 Å². The molecule has 0 amide bonds. The highest BCUT2D eigenvalue weighted by molar-refractivity contribution is 7.89. The van der Waals surface area contributed by atoms with E-state index in [2.05, 4.69) is 58.5 Å². The molecule has 7 heteroatoms. The lowest BCUT2D eigenvalue weighted by Crippen LogP contribution is -2.41. The minimum atomic E-state index is -3.15. The van der Waals surface area contributed by atoms with Gasteiger partial charge in [0.1, 0.15) is 0 Å². The van der Waals surface area contributed by atoms with Crippen LogP contribution in [0.4, 0.5) is 0 Å². The van der Waals surface area contributed by atoms with Crippen molar-refractivity contribution in [2.24, 2.45) is 4.99 Å². The Balaban J connectivity index is 2.52. The van der Waals surface area contributed by atoms with Crippen molar-refractivity contribution in [3.05, 3.63) is 35.4 Å². The zero-order chi connectivity index (χ0) is 18.0. The van der Waals surface area contributed by atoms with Gasteiger partial charge in [-0.2, -0.15) is 0 Å². The van der Waals surface area contributed by atoms with E-state index >= 15 is 0 Å². The first-order valence-corrected chi connectivity index (χ1v) is 10.1. The molecule has 0 heterocycles. The molecule has 3 N–H and O–H groups in total. The lowest BCUT2D eigenvalue weighted by atomic mass is 10.00. The highest BCUT2D eigenvalue weighted by Gasteiger charge is 2.07. The molecular weight excluding hydrogens is 324 g/mol. The van der Waals surface area contributed by atoms with E-state index in [1.807, 2.05) is 6.92 Å². The van der Waals surface area contributed by atoms with Crippen LogP contribution >= 0.6 is 0 Å². The maximum Gasteiger partial charge on any atom is 0.211 e. The van der Waals surface area contributed by atoms with Gasteiger partial charge in [-0.25, -0.2) is 13.1 Å². The average molecular weight is 355 g/mol. The van der Waals surface area contributed by atoms with Gasteiger partial charge in [0.15, 0.2) is 5.96 Å². The van der Waals surface area contributed by atoms with Gasteiger partial charge in [-0.05, 0) is 26.3 Å². The summed E-state index contributed by atoms with van der Waals surface area (Å²) in [7, 11) is -3.15. The third-order valence-corrected chi connectivity index (χ3v) is 5.00. The maximum atomic E-state index is 11.4. The first-order valence-electron chi connectivity index (χ1n) is 8.44. The third kappa shape index (κ3) is 7.79. The van der Waals surface area contributed by atoms with Gasteiger partial charge in [0.2, 0.25) is 10.0 Å². The molecule has 1 atom stereocenters. The molecule has 0 radical (unpaired) electrons. The van der Waals surface area contributed by atoms with Gasteiger partial charge in [0.05, 0.1) is 5.75 Å². The van der Waals surface area contributed by atoms with E-state index in [0.717, 1.165) is 6.54 Å². The normalized spacial score (nSPS) is 13.6. The SMILES string of the molecule is CCNC(=NCC(C)c1cccc(C)c1)NCCNS(=O)(=O)CC. The van der Waals surface area contributed by atoms with Gasteiger partial charge in [0.25, 0.3) is 0 Å².